The fourth-order valence-electron chi connectivity index (χ4n) is 1.65. The Hall–Kier alpha value is -2.61. The van der Waals surface area contributed by atoms with Gasteiger partial charge in [-0.05, 0) is 18.6 Å². The van der Waals surface area contributed by atoms with E-state index in [1.54, 1.807) is 25.1 Å². The van der Waals surface area contributed by atoms with Crippen LogP contribution in [0.4, 0.5) is 5.69 Å². The number of aliphatic carboxylic acids is 2. The van der Waals surface area contributed by atoms with E-state index in [1.165, 1.54) is 7.11 Å². The molecule has 0 bridgehead atoms. The number of ketones is 1. The van der Waals surface area contributed by atoms with Gasteiger partial charge in [-0.2, -0.15) is 0 Å². The van der Waals surface area contributed by atoms with Gasteiger partial charge in [-0.25, -0.2) is 10.2 Å². The van der Waals surface area contributed by atoms with E-state index >= 15 is 0 Å². The van der Waals surface area contributed by atoms with E-state index in [1.807, 2.05) is 0 Å². The largest absolute Gasteiger partial charge is 0.495 e. The number of carbonyl (C=O) groups is 3. The molecular weight excluding hydrogens is 280 g/mol. The topological polar surface area (TPSA) is 125 Å². The minimum Gasteiger partial charge on any atom is -0.495 e. The number of hydrazine groups is 1. The van der Waals surface area contributed by atoms with Gasteiger partial charge in [-0.1, -0.05) is 12.1 Å². The molecule has 1 atom stereocenters. The van der Waals surface area contributed by atoms with Crippen molar-refractivity contribution < 1.29 is 29.3 Å². The first kappa shape index (κ1) is 16.4. The van der Waals surface area contributed by atoms with E-state index in [2.05, 4.69) is 10.9 Å². The molecule has 21 heavy (non-hydrogen) atoms. The van der Waals surface area contributed by atoms with Crippen molar-refractivity contribution >= 4 is 23.4 Å². The Morgan fingerprint density at radius 3 is 2.48 bits per heavy atom. The maximum absolute atomic E-state index is 11.6. The Morgan fingerprint density at radius 2 is 1.95 bits per heavy atom. The lowest BCUT2D eigenvalue weighted by atomic mass is 10.1. The van der Waals surface area contributed by atoms with Gasteiger partial charge in [0.1, 0.15) is 12.2 Å². The monoisotopic (exact) mass is 296 g/mol. The molecule has 0 radical (unpaired) electrons. The van der Waals surface area contributed by atoms with Crippen molar-refractivity contribution in [3.05, 3.63) is 23.8 Å². The van der Waals surface area contributed by atoms with Crippen molar-refractivity contribution in [1.82, 2.24) is 5.43 Å². The molecule has 0 fully saturated rings. The van der Waals surface area contributed by atoms with Gasteiger partial charge >= 0.3 is 11.9 Å². The van der Waals surface area contributed by atoms with Gasteiger partial charge in [-0.3, -0.25) is 9.59 Å². The summed E-state index contributed by atoms with van der Waals surface area (Å²) in [6.45, 7) is 1.77. The van der Waals surface area contributed by atoms with E-state index in [4.69, 9.17) is 14.9 Å². The minimum atomic E-state index is -1.68. The van der Waals surface area contributed by atoms with Crippen molar-refractivity contribution in [3.8, 4) is 5.75 Å². The summed E-state index contributed by atoms with van der Waals surface area (Å²) < 4.78 is 5.11. The number of carboxylic acid groups (broad SMARTS) is 2. The first-order chi connectivity index (χ1) is 9.86. The van der Waals surface area contributed by atoms with Crippen molar-refractivity contribution in [2.24, 2.45) is 0 Å². The minimum absolute atomic E-state index is 0.456. The molecule has 0 heterocycles. The highest BCUT2D eigenvalue weighted by molar-refractivity contribution is 6.08. The number of nitrogens with one attached hydrogen (secondary N) is 2. The number of Topliss-reactive ketones (excluding diaryl/α,β-unsaturated/α-hetero) is 1. The molecule has 0 aliphatic carbocycles. The third kappa shape index (κ3) is 4.46. The molecule has 0 saturated heterocycles. The van der Waals surface area contributed by atoms with Crippen LogP contribution >= 0.6 is 0 Å². The standard InChI is InChI=1S/C13H16N2O6/c1-7-4-3-5-9(21-2)11(7)14-15-12(13(19)20)8(16)6-10(17)18/h3-5,12,14-15H,6H2,1-2H3,(H,17,18)(H,19,20). The molecule has 0 aromatic heterocycles. The summed E-state index contributed by atoms with van der Waals surface area (Å²) in [6, 6.07) is 3.50. The average molecular weight is 296 g/mol. The lowest BCUT2D eigenvalue weighted by molar-refractivity contribution is -0.145. The Bertz CT molecular complexity index is 558. The molecule has 8 heteroatoms. The highest BCUT2D eigenvalue weighted by Crippen LogP contribution is 2.26. The number of carbonyl (C=O) groups excluding carboxylic acids is 1. The Kier molecular flexibility index (Phi) is 5.67. The molecule has 4 N–H and O–H groups in total. The van der Waals surface area contributed by atoms with Crippen molar-refractivity contribution in [2.75, 3.05) is 12.5 Å². The lowest BCUT2D eigenvalue weighted by Crippen LogP contribution is -2.47. The number of aryl methyl sites for hydroxylation is 1. The zero-order valence-electron chi connectivity index (χ0n) is 11.5. The maximum atomic E-state index is 11.6. The van der Waals surface area contributed by atoms with Gasteiger partial charge in [0, 0.05) is 0 Å². The van der Waals surface area contributed by atoms with Crippen LogP contribution in [0.25, 0.3) is 0 Å². The first-order valence-corrected chi connectivity index (χ1v) is 5.99. The van der Waals surface area contributed by atoms with Crippen LogP contribution in [0.3, 0.4) is 0 Å². The summed E-state index contributed by atoms with van der Waals surface area (Å²) in [5.74, 6) is -3.37. The third-order valence-electron chi connectivity index (χ3n) is 2.69. The molecule has 8 nitrogen and oxygen atoms in total. The van der Waals surface area contributed by atoms with Crippen molar-refractivity contribution in [2.45, 2.75) is 19.4 Å². The number of rotatable bonds is 8. The lowest BCUT2D eigenvalue weighted by Gasteiger charge is -2.18. The van der Waals surface area contributed by atoms with Crippen LogP contribution in [0.15, 0.2) is 18.2 Å². The maximum Gasteiger partial charge on any atom is 0.330 e. The molecule has 0 amide bonds. The smallest absolute Gasteiger partial charge is 0.330 e. The van der Waals surface area contributed by atoms with Crippen LogP contribution in [0.1, 0.15) is 12.0 Å². The Labute approximate surface area is 120 Å². The molecule has 1 rings (SSSR count). The molecule has 1 unspecified atom stereocenters. The van der Waals surface area contributed by atoms with Gasteiger partial charge in [0.15, 0.2) is 11.8 Å². The molecule has 0 saturated carbocycles. The third-order valence-corrected chi connectivity index (χ3v) is 2.69. The molecular formula is C13H16N2O6. The van der Waals surface area contributed by atoms with Gasteiger partial charge in [-0.15, -0.1) is 0 Å². The summed E-state index contributed by atoms with van der Waals surface area (Å²) in [7, 11) is 1.45. The fourth-order valence-corrected chi connectivity index (χ4v) is 1.65. The molecule has 1 aromatic rings. The zero-order chi connectivity index (χ0) is 16.0. The average Bonchev–Trinajstić information content (AvgIpc) is 2.39. The van der Waals surface area contributed by atoms with Gasteiger partial charge in [0.25, 0.3) is 0 Å². The molecule has 0 aliphatic rings. The Morgan fingerprint density at radius 1 is 1.29 bits per heavy atom. The second kappa shape index (κ2) is 7.25. The van der Waals surface area contributed by atoms with Crippen molar-refractivity contribution in [1.29, 1.82) is 0 Å². The Balaban J connectivity index is 2.86. The summed E-state index contributed by atoms with van der Waals surface area (Å²) in [6.07, 6.45) is -0.878. The van der Waals surface area contributed by atoms with E-state index in [0.717, 1.165) is 5.56 Å². The number of anilines is 1. The van der Waals surface area contributed by atoms with Crippen LogP contribution in [0.2, 0.25) is 0 Å². The second-order valence-electron chi connectivity index (χ2n) is 4.23. The summed E-state index contributed by atoms with van der Waals surface area (Å²) in [5, 5.41) is 17.5. The molecule has 114 valence electrons. The number of hydrogen-bond donors (Lipinski definition) is 4. The van der Waals surface area contributed by atoms with E-state index in [0.29, 0.717) is 11.4 Å². The number of methoxy groups -OCH3 is 1. The zero-order valence-corrected chi connectivity index (χ0v) is 11.5. The number of carboxylic acids is 2. The number of ether oxygens (including phenoxy) is 1. The van der Waals surface area contributed by atoms with Crippen LogP contribution in [0.5, 0.6) is 5.75 Å². The van der Waals surface area contributed by atoms with Gasteiger partial charge < -0.3 is 20.4 Å². The molecule has 0 spiro atoms. The highest BCUT2D eigenvalue weighted by atomic mass is 16.5. The van der Waals surface area contributed by atoms with Crippen LogP contribution in [-0.4, -0.2) is 41.1 Å². The van der Waals surface area contributed by atoms with E-state index in [-0.39, 0.29) is 0 Å². The van der Waals surface area contributed by atoms with Gasteiger partial charge in [0.2, 0.25) is 0 Å². The fraction of sp³-hybridized carbons (Fsp3) is 0.308. The summed E-state index contributed by atoms with van der Waals surface area (Å²) in [4.78, 5) is 33.1. The number of benzene rings is 1. The molecule has 1 aromatic carbocycles. The van der Waals surface area contributed by atoms with E-state index < -0.39 is 30.2 Å². The second-order valence-corrected chi connectivity index (χ2v) is 4.23. The predicted octanol–water partition coefficient (Wildman–Crippen LogP) is 0.417. The summed E-state index contributed by atoms with van der Waals surface area (Å²) in [5.41, 5.74) is 6.14. The highest BCUT2D eigenvalue weighted by Gasteiger charge is 2.27. The summed E-state index contributed by atoms with van der Waals surface area (Å²) >= 11 is 0. The normalized spacial score (nSPS) is 11.5. The van der Waals surface area contributed by atoms with Gasteiger partial charge in [0.05, 0.1) is 12.8 Å². The number of para-hydroxylation sites is 1. The van der Waals surface area contributed by atoms with Crippen molar-refractivity contribution in [3.63, 3.8) is 0 Å². The SMILES string of the molecule is COc1cccc(C)c1NNC(C(=O)O)C(=O)CC(=O)O. The van der Waals surface area contributed by atoms with Crippen LogP contribution in [-0.2, 0) is 14.4 Å². The predicted molar refractivity (Wildman–Crippen MR) is 73.2 cm³/mol. The van der Waals surface area contributed by atoms with Crippen LogP contribution in [0, 0.1) is 6.92 Å². The first-order valence-electron chi connectivity index (χ1n) is 5.99. The quantitative estimate of drug-likeness (QED) is 0.402. The van der Waals surface area contributed by atoms with Crippen LogP contribution < -0.4 is 15.6 Å². The molecule has 0 aliphatic heterocycles. The number of hydrogen-bond acceptors (Lipinski definition) is 6. The van der Waals surface area contributed by atoms with E-state index in [9.17, 15) is 14.4 Å².